The number of nitrogens with zero attached hydrogens (tertiary/aromatic N) is 3. The second-order valence-electron chi connectivity index (χ2n) is 8.14. The van der Waals surface area contributed by atoms with Crippen LogP contribution in [0.1, 0.15) is 15.9 Å². The van der Waals surface area contributed by atoms with Gasteiger partial charge in [-0.2, -0.15) is 0 Å². The predicted octanol–water partition coefficient (Wildman–Crippen LogP) is 3.75. The highest BCUT2D eigenvalue weighted by Gasteiger charge is 2.15. The lowest BCUT2D eigenvalue weighted by atomic mass is 10.1. The Bertz CT molecular complexity index is 1300. The number of likely N-dealkylation sites (N-methyl/N-ethyl adjacent to an activating group) is 1. The molecule has 2 aromatic carbocycles. The number of carbonyl (C=O) groups excluding carboxylic acids is 2. The van der Waals surface area contributed by atoms with Crippen LogP contribution < -0.4 is 10.6 Å². The Labute approximate surface area is 202 Å². The van der Waals surface area contributed by atoms with Gasteiger partial charge in [0, 0.05) is 29.0 Å². The highest BCUT2D eigenvalue weighted by molar-refractivity contribution is 6.30. The molecule has 4 rings (SSSR count). The van der Waals surface area contributed by atoms with Gasteiger partial charge in [-0.1, -0.05) is 23.7 Å². The molecule has 0 aliphatic carbocycles. The summed E-state index contributed by atoms with van der Waals surface area (Å²) >= 11 is 5.97. The summed E-state index contributed by atoms with van der Waals surface area (Å²) in [5, 5.41) is 6.46. The standard InChI is InChI=1S/C25H25ClN6O2/c1-32(2)15-21(33)29-19-9-3-16(4-10-19)11-13-28-25(34)20-12-14-27-24-22(20)30-23(31-24)17-5-7-18(26)8-6-17/h3-10,12,14H,11,13,15H2,1-2H3,(H,28,34)(H,29,33)(H,27,30,31). The zero-order chi connectivity index (χ0) is 24.1. The first kappa shape index (κ1) is 23.4. The van der Waals surface area contributed by atoms with Gasteiger partial charge in [0.2, 0.25) is 5.91 Å². The topological polar surface area (TPSA) is 103 Å². The third kappa shape index (κ3) is 5.78. The molecule has 0 saturated carbocycles. The summed E-state index contributed by atoms with van der Waals surface area (Å²) in [4.78, 5) is 38.5. The lowest BCUT2D eigenvalue weighted by Gasteiger charge is -2.10. The highest BCUT2D eigenvalue weighted by atomic mass is 35.5. The van der Waals surface area contributed by atoms with Crippen molar-refractivity contribution in [1.29, 1.82) is 0 Å². The summed E-state index contributed by atoms with van der Waals surface area (Å²) in [6, 6.07) is 16.6. The van der Waals surface area contributed by atoms with Gasteiger partial charge in [0.25, 0.3) is 5.91 Å². The smallest absolute Gasteiger partial charge is 0.253 e. The Balaban J connectivity index is 1.37. The number of anilines is 1. The van der Waals surface area contributed by atoms with Gasteiger partial charge in [-0.25, -0.2) is 9.97 Å². The SMILES string of the molecule is CN(C)CC(=O)Nc1ccc(CCNC(=O)c2ccnc3nc(-c4ccc(Cl)cc4)[nH]c23)cc1. The number of hydrogen-bond donors (Lipinski definition) is 3. The maximum absolute atomic E-state index is 12.8. The minimum Gasteiger partial charge on any atom is -0.352 e. The number of H-pyrrole nitrogens is 1. The highest BCUT2D eigenvalue weighted by Crippen LogP contribution is 2.23. The van der Waals surface area contributed by atoms with E-state index in [-0.39, 0.29) is 11.8 Å². The molecule has 3 N–H and O–H groups in total. The van der Waals surface area contributed by atoms with E-state index in [4.69, 9.17) is 11.6 Å². The molecule has 0 spiro atoms. The molecule has 0 unspecified atom stereocenters. The molecule has 34 heavy (non-hydrogen) atoms. The van der Waals surface area contributed by atoms with E-state index in [0.717, 1.165) is 16.8 Å². The lowest BCUT2D eigenvalue weighted by molar-refractivity contribution is -0.116. The number of aromatic amines is 1. The van der Waals surface area contributed by atoms with Crippen LogP contribution in [0.5, 0.6) is 0 Å². The molecule has 0 fully saturated rings. The first-order valence-corrected chi connectivity index (χ1v) is 11.2. The fraction of sp³-hybridized carbons (Fsp3) is 0.200. The molecule has 2 amide bonds. The van der Waals surface area contributed by atoms with Crippen molar-refractivity contribution in [1.82, 2.24) is 25.2 Å². The fourth-order valence-electron chi connectivity index (χ4n) is 3.50. The molecular formula is C25H25ClN6O2. The number of amides is 2. The van der Waals surface area contributed by atoms with Crippen LogP contribution in [-0.2, 0) is 11.2 Å². The van der Waals surface area contributed by atoms with E-state index in [1.807, 2.05) is 55.4 Å². The maximum atomic E-state index is 12.8. The number of halogens is 1. The Hall–Kier alpha value is -3.75. The summed E-state index contributed by atoms with van der Waals surface area (Å²) in [7, 11) is 3.69. The van der Waals surface area contributed by atoms with Crippen LogP contribution in [0.4, 0.5) is 5.69 Å². The molecule has 0 aliphatic rings. The van der Waals surface area contributed by atoms with Crippen LogP contribution in [0.3, 0.4) is 0 Å². The molecule has 4 aromatic rings. The van der Waals surface area contributed by atoms with Crippen LogP contribution in [0.25, 0.3) is 22.6 Å². The normalized spacial score (nSPS) is 11.1. The molecule has 0 saturated heterocycles. The number of carbonyl (C=O) groups is 2. The summed E-state index contributed by atoms with van der Waals surface area (Å²) in [5.41, 5.74) is 4.20. The number of hydrogen-bond acceptors (Lipinski definition) is 5. The molecule has 2 aromatic heterocycles. The van der Waals surface area contributed by atoms with Crippen molar-refractivity contribution in [2.45, 2.75) is 6.42 Å². The molecule has 9 heteroatoms. The van der Waals surface area contributed by atoms with Crippen molar-refractivity contribution in [3.63, 3.8) is 0 Å². The molecule has 174 valence electrons. The van der Waals surface area contributed by atoms with E-state index in [9.17, 15) is 9.59 Å². The number of imidazole rings is 1. The Morgan fingerprint density at radius 1 is 1.03 bits per heavy atom. The van der Waals surface area contributed by atoms with Gasteiger partial charge in [-0.3, -0.25) is 9.59 Å². The minimum absolute atomic E-state index is 0.0632. The van der Waals surface area contributed by atoms with Crippen molar-refractivity contribution in [2.24, 2.45) is 0 Å². The van der Waals surface area contributed by atoms with Crippen LogP contribution in [0, 0.1) is 0 Å². The van der Waals surface area contributed by atoms with E-state index in [2.05, 4.69) is 25.6 Å². The van der Waals surface area contributed by atoms with Gasteiger partial charge in [0.15, 0.2) is 5.65 Å². The zero-order valence-corrected chi connectivity index (χ0v) is 19.7. The average molecular weight is 477 g/mol. The number of rotatable bonds is 8. The van der Waals surface area contributed by atoms with E-state index in [1.54, 1.807) is 24.4 Å². The Morgan fingerprint density at radius 3 is 2.47 bits per heavy atom. The number of nitrogens with one attached hydrogen (secondary N) is 3. The van der Waals surface area contributed by atoms with Crippen LogP contribution in [0.15, 0.2) is 60.8 Å². The third-order valence-corrected chi connectivity index (χ3v) is 5.40. The van der Waals surface area contributed by atoms with Crippen molar-refractivity contribution < 1.29 is 9.59 Å². The predicted molar refractivity (Wildman–Crippen MR) is 134 cm³/mol. The summed E-state index contributed by atoms with van der Waals surface area (Å²) in [6.07, 6.45) is 2.23. The zero-order valence-electron chi connectivity index (χ0n) is 18.9. The second-order valence-corrected chi connectivity index (χ2v) is 8.57. The fourth-order valence-corrected chi connectivity index (χ4v) is 3.63. The third-order valence-electron chi connectivity index (χ3n) is 5.15. The van der Waals surface area contributed by atoms with Crippen molar-refractivity contribution in [2.75, 3.05) is 32.5 Å². The second kappa shape index (κ2) is 10.5. The summed E-state index contributed by atoms with van der Waals surface area (Å²) in [5.74, 6) is 0.357. The number of pyridine rings is 1. The minimum atomic E-state index is -0.203. The average Bonchev–Trinajstić information content (AvgIpc) is 3.24. The molecule has 2 heterocycles. The number of fused-ring (bicyclic) bond motifs is 1. The van der Waals surface area contributed by atoms with E-state index in [1.165, 1.54) is 0 Å². The van der Waals surface area contributed by atoms with Crippen LogP contribution >= 0.6 is 11.6 Å². The van der Waals surface area contributed by atoms with Gasteiger partial charge in [0.05, 0.1) is 17.6 Å². The Morgan fingerprint density at radius 2 is 1.76 bits per heavy atom. The first-order valence-electron chi connectivity index (χ1n) is 10.8. The molecular weight excluding hydrogens is 452 g/mol. The molecule has 0 atom stereocenters. The summed E-state index contributed by atoms with van der Waals surface area (Å²) < 4.78 is 0. The largest absolute Gasteiger partial charge is 0.352 e. The molecule has 8 nitrogen and oxygen atoms in total. The molecule has 0 radical (unpaired) electrons. The number of aromatic nitrogens is 3. The van der Waals surface area contributed by atoms with Gasteiger partial charge in [-0.15, -0.1) is 0 Å². The number of benzene rings is 2. The quantitative estimate of drug-likeness (QED) is 0.359. The van der Waals surface area contributed by atoms with Gasteiger partial charge in [-0.05, 0) is 68.5 Å². The van der Waals surface area contributed by atoms with Crippen molar-refractivity contribution >= 4 is 40.3 Å². The molecule has 0 bridgehead atoms. The van der Waals surface area contributed by atoms with Gasteiger partial charge >= 0.3 is 0 Å². The monoisotopic (exact) mass is 476 g/mol. The summed E-state index contributed by atoms with van der Waals surface area (Å²) in [6.45, 7) is 0.792. The molecule has 0 aliphatic heterocycles. The van der Waals surface area contributed by atoms with Crippen LogP contribution in [0.2, 0.25) is 5.02 Å². The van der Waals surface area contributed by atoms with E-state index < -0.39 is 0 Å². The Kier molecular flexibility index (Phi) is 7.20. The van der Waals surface area contributed by atoms with Crippen LogP contribution in [-0.4, -0.2) is 58.9 Å². The van der Waals surface area contributed by atoms with Gasteiger partial charge < -0.3 is 20.5 Å². The van der Waals surface area contributed by atoms with Crippen molar-refractivity contribution in [3.8, 4) is 11.4 Å². The maximum Gasteiger partial charge on any atom is 0.253 e. The van der Waals surface area contributed by atoms with Crippen molar-refractivity contribution in [3.05, 3.63) is 76.9 Å². The first-order chi connectivity index (χ1) is 16.4. The lowest BCUT2D eigenvalue weighted by Crippen LogP contribution is -2.27. The van der Waals surface area contributed by atoms with E-state index in [0.29, 0.717) is 47.1 Å². The van der Waals surface area contributed by atoms with Gasteiger partial charge in [0.1, 0.15) is 5.82 Å². The van der Waals surface area contributed by atoms with E-state index >= 15 is 0 Å².